The van der Waals surface area contributed by atoms with Crippen molar-refractivity contribution in [3.8, 4) is 0 Å². The first-order valence-electron chi connectivity index (χ1n) is 10.7. The third-order valence-corrected chi connectivity index (χ3v) is 6.70. The average molecular weight is 380 g/mol. The molecule has 5 nitrogen and oxygen atoms in total. The monoisotopic (exact) mass is 379 g/mol. The minimum Gasteiger partial charge on any atom is -0.373 e. The number of nitrogens with zero attached hydrogens (tertiary/aromatic N) is 3. The van der Waals surface area contributed by atoms with Crippen molar-refractivity contribution in [3.05, 3.63) is 42.1 Å². The molecule has 0 N–H and O–H groups in total. The van der Waals surface area contributed by atoms with Crippen molar-refractivity contribution in [3.63, 3.8) is 0 Å². The highest BCUT2D eigenvalue weighted by molar-refractivity contribution is 6.06. The van der Waals surface area contributed by atoms with E-state index in [0.717, 1.165) is 62.0 Å². The van der Waals surface area contributed by atoms with Gasteiger partial charge >= 0.3 is 0 Å². The summed E-state index contributed by atoms with van der Waals surface area (Å²) < 4.78 is 6.38. The lowest BCUT2D eigenvalue weighted by molar-refractivity contribution is -0.0450. The van der Waals surface area contributed by atoms with Crippen LogP contribution < -0.4 is 0 Å². The largest absolute Gasteiger partial charge is 0.373 e. The molecule has 0 saturated carbocycles. The molecule has 1 amide bonds. The average Bonchev–Trinajstić information content (AvgIpc) is 3.38. The van der Waals surface area contributed by atoms with Gasteiger partial charge in [0.25, 0.3) is 5.91 Å². The van der Waals surface area contributed by atoms with Gasteiger partial charge in [-0.2, -0.15) is 0 Å². The second-order valence-electron chi connectivity index (χ2n) is 8.78. The van der Waals surface area contributed by atoms with E-state index < -0.39 is 0 Å². The number of aromatic nitrogens is 1. The van der Waals surface area contributed by atoms with Gasteiger partial charge in [-0.3, -0.25) is 9.78 Å². The predicted octanol–water partition coefficient (Wildman–Crippen LogP) is 3.34. The molecule has 1 spiro atoms. The number of ether oxygens (including phenoxy) is 1. The quantitative estimate of drug-likeness (QED) is 0.821. The summed E-state index contributed by atoms with van der Waals surface area (Å²) in [5.41, 5.74) is 1.50. The molecule has 28 heavy (non-hydrogen) atoms. The zero-order chi connectivity index (χ0) is 19.0. The number of hydrogen-bond acceptors (Lipinski definition) is 4. The van der Waals surface area contributed by atoms with Crippen molar-refractivity contribution in [2.45, 2.75) is 37.7 Å². The Kier molecular flexibility index (Phi) is 4.81. The van der Waals surface area contributed by atoms with Gasteiger partial charge < -0.3 is 14.5 Å². The Bertz CT molecular complexity index is 859. The normalized spacial score (nSPS) is 28.4. The highest BCUT2D eigenvalue weighted by atomic mass is 16.5. The minimum absolute atomic E-state index is 0.115. The minimum atomic E-state index is -0.138. The summed E-state index contributed by atoms with van der Waals surface area (Å²) in [5.74, 6) is 0.721. The maximum atomic E-state index is 13.3. The van der Waals surface area contributed by atoms with Gasteiger partial charge in [0.15, 0.2) is 0 Å². The van der Waals surface area contributed by atoms with Gasteiger partial charge in [-0.25, -0.2) is 0 Å². The van der Waals surface area contributed by atoms with E-state index in [1.165, 1.54) is 25.9 Å². The van der Waals surface area contributed by atoms with Gasteiger partial charge in [-0.1, -0.05) is 12.1 Å². The summed E-state index contributed by atoms with van der Waals surface area (Å²) in [4.78, 5) is 22.3. The summed E-state index contributed by atoms with van der Waals surface area (Å²) in [7, 11) is 0. The van der Waals surface area contributed by atoms with Crippen LogP contribution in [0.5, 0.6) is 0 Å². The fourth-order valence-electron chi connectivity index (χ4n) is 5.40. The third kappa shape index (κ3) is 3.42. The summed E-state index contributed by atoms with van der Waals surface area (Å²) in [6, 6.07) is 9.72. The van der Waals surface area contributed by atoms with E-state index in [9.17, 15) is 4.79 Å². The highest BCUT2D eigenvalue weighted by Gasteiger charge is 2.45. The second-order valence-corrected chi connectivity index (χ2v) is 8.78. The van der Waals surface area contributed by atoms with E-state index in [1.807, 2.05) is 35.2 Å². The lowest BCUT2D eigenvalue weighted by Crippen LogP contribution is -2.50. The number of carbonyl (C=O) groups excluding carboxylic acids is 1. The molecule has 0 bridgehead atoms. The molecule has 2 atom stereocenters. The molecule has 3 aliphatic heterocycles. The van der Waals surface area contributed by atoms with Crippen LogP contribution in [-0.4, -0.2) is 65.6 Å². The predicted molar refractivity (Wildman–Crippen MR) is 109 cm³/mol. The number of likely N-dealkylation sites (tertiary alicyclic amines) is 2. The topological polar surface area (TPSA) is 45.7 Å². The fourth-order valence-corrected chi connectivity index (χ4v) is 5.40. The second kappa shape index (κ2) is 7.45. The fraction of sp³-hybridized carbons (Fsp3) is 0.565. The molecule has 3 fully saturated rings. The Morgan fingerprint density at radius 3 is 2.93 bits per heavy atom. The molecule has 1 aromatic heterocycles. The molecule has 1 aromatic carbocycles. The molecular weight excluding hydrogens is 350 g/mol. The van der Waals surface area contributed by atoms with E-state index in [2.05, 4.69) is 9.88 Å². The number of rotatable bonds is 3. The van der Waals surface area contributed by atoms with Crippen molar-refractivity contribution in [2.75, 3.05) is 39.3 Å². The van der Waals surface area contributed by atoms with E-state index in [-0.39, 0.29) is 11.5 Å². The van der Waals surface area contributed by atoms with Crippen molar-refractivity contribution >= 4 is 16.8 Å². The Balaban J connectivity index is 1.31. The van der Waals surface area contributed by atoms with Crippen LogP contribution >= 0.6 is 0 Å². The summed E-state index contributed by atoms with van der Waals surface area (Å²) in [6.07, 6.45) is 7.63. The van der Waals surface area contributed by atoms with Crippen LogP contribution in [0.3, 0.4) is 0 Å². The van der Waals surface area contributed by atoms with Crippen LogP contribution in [0.25, 0.3) is 10.9 Å². The van der Waals surface area contributed by atoms with E-state index >= 15 is 0 Å². The molecule has 0 unspecified atom stereocenters. The molecule has 5 heteroatoms. The third-order valence-electron chi connectivity index (χ3n) is 6.70. The van der Waals surface area contributed by atoms with Crippen LogP contribution in [0.1, 0.15) is 42.5 Å². The van der Waals surface area contributed by atoms with Gasteiger partial charge in [-0.15, -0.1) is 0 Å². The SMILES string of the molecule is O=C(c1cccc2ncccc12)N1CCC[C@]2(C[C@@H](CN3CCCC3)CO2)C1. The molecule has 3 saturated heterocycles. The van der Waals surface area contributed by atoms with Gasteiger partial charge in [-0.05, 0) is 69.3 Å². The van der Waals surface area contributed by atoms with E-state index in [4.69, 9.17) is 4.74 Å². The first kappa shape index (κ1) is 18.1. The lowest BCUT2D eigenvalue weighted by Gasteiger charge is -2.40. The standard InChI is InChI=1S/C23H29N3O2/c27-22(20-6-3-8-21-19(20)7-4-10-24-21)26-13-5-9-23(17-26)14-18(16-28-23)15-25-11-1-2-12-25/h3-4,6-8,10,18H,1-2,5,9,11-17H2/t18-,23-/m0/s1. The number of carbonyl (C=O) groups is 1. The Labute approximate surface area is 166 Å². The number of hydrogen-bond donors (Lipinski definition) is 0. The van der Waals surface area contributed by atoms with Crippen molar-refractivity contribution in [1.82, 2.24) is 14.8 Å². The van der Waals surface area contributed by atoms with Crippen molar-refractivity contribution in [2.24, 2.45) is 5.92 Å². The van der Waals surface area contributed by atoms with E-state index in [1.54, 1.807) is 6.20 Å². The number of piperidine rings is 1. The molecule has 4 heterocycles. The maximum absolute atomic E-state index is 13.3. The first-order chi connectivity index (χ1) is 13.7. The molecular formula is C23H29N3O2. The molecule has 2 aromatic rings. The van der Waals surface area contributed by atoms with Crippen LogP contribution in [0.15, 0.2) is 36.5 Å². The smallest absolute Gasteiger partial charge is 0.254 e. The van der Waals surface area contributed by atoms with Gasteiger partial charge in [0.05, 0.1) is 17.7 Å². The van der Waals surface area contributed by atoms with Crippen LogP contribution in [0.2, 0.25) is 0 Å². The summed E-state index contributed by atoms with van der Waals surface area (Å²) in [6.45, 7) is 6.02. The Morgan fingerprint density at radius 1 is 1.14 bits per heavy atom. The zero-order valence-electron chi connectivity index (χ0n) is 16.5. The number of benzene rings is 1. The van der Waals surface area contributed by atoms with E-state index in [0.29, 0.717) is 5.92 Å². The summed E-state index contributed by atoms with van der Waals surface area (Å²) in [5, 5.41) is 0.939. The molecule has 0 aliphatic carbocycles. The highest BCUT2D eigenvalue weighted by Crippen LogP contribution is 2.38. The lowest BCUT2D eigenvalue weighted by atomic mass is 9.86. The molecule has 3 aliphatic rings. The number of fused-ring (bicyclic) bond motifs is 1. The molecule has 5 rings (SSSR count). The van der Waals surface area contributed by atoms with Gasteiger partial charge in [0.2, 0.25) is 0 Å². The molecule has 148 valence electrons. The van der Waals surface area contributed by atoms with Gasteiger partial charge in [0, 0.05) is 36.8 Å². The zero-order valence-corrected chi connectivity index (χ0v) is 16.5. The van der Waals surface area contributed by atoms with Crippen LogP contribution in [0.4, 0.5) is 0 Å². The maximum Gasteiger partial charge on any atom is 0.254 e. The first-order valence-corrected chi connectivity index (χ1v) is 10.7. The van der Waals surface area contributed by atoms with Crippen molar-refractivity contribution < 1.29 is 9.53 Å². The summed E-state index contributed by atoms with van der Waals surface area (Å²) >= 11 is 0. The van der Waals surface area contributed by atoms with Crippen molar-refractivity contribution in [1.29, 1.82) is 0 Å². The number of amides is 1. The molecule has 0 radical (unpaired) electrons. The van der Waals surface area contributed by atoms with Crippen LogP contribution in [0, 0.1) is 5.92 Å². The Morgan fingerprint density at radius 2 is 2.04 bits per heavy atom. The Hall–Kier alpha value is -1.98. The van der Waals surface area contributed by atoms with Crippen LogP contribution in [-0.2, 0) is 4.74 Å². The van der Waals surface area contributed by atoms with Gasteiger partial charge in [0.1, 0.15) is 0 Å². The number of pyridine rings is 1.